The van der Waals surface area contributed by atoms with E-state index >= 15 is 0 Å². The molecule has 0 aliphatic heterocycles. The van der Waals surface area contributed by atoms with Crippen LogP contribution in [0.1, 0.15) is 45.7 Å². The van der Waals surface area contributed by atoms with Crippen LogP contribution in [-0.2, 0) is 12.0 Å². The third kappa shape index (κ3) is 4.99. The minimum atomic E-state index is 0.160. The second-order valence-corrected chi connectivity index (χ2v) is 7.12. The highest BCUT2D eigenvalue weighted by atomic mass is 35.5. The van der Waals surface area contributed by atoms with Crippen molar-refractivity contribution >= 4 is 11.6 Å². The summed E-state index contributed by atoms with van der Waals surface area (Å²) in [6.45, 7) is 12.9. The first-order chi connectivity index (χ1) is 8.24. The van der Waals surface area contributed by atoms with Gasteiger partial charge in [0, 0.05) is 19.0 Å². The molecule has 0 fully saturated rings. The molecule has 0 bridgehead atoms. The van der Waals surface area contributed by atoms with Gasteiger partial charge in [0.25, 0.3) is 0 Å². The number of alkyl halides is 1. The van der Waals surface area contributed by atoms with E-state index in [1.54, 1.807) is 0 Å². The largest absolute Gasteiger partial charge is 0.312 e. The topological polar surface area (TPSA) is 12.0 Å². The van der Waals surface area contributed by atoms with E-state index in [-0.39, 0.29) is 10.8 Å². The molecular formula is C16H26ClN. The normalized spacial score (nSPS) is 12.8. The maximum Gasteiger partial charge on any atom is 0.0286 e. The third-order valence-corrected chi connectivity index (χ3v) is 3.84. The van der Waals surface area contributed by atoms with Crippen molar-refractivity contribution in [2.75, 3.05) is 12.4 Å². The summed E-state index contributed by atoms with van der Waals surface area (Å²) in [5, 5.41) is 3.47. The van der Waals surface area contributed by atoms with Gasteiger partial charge < -0.3 is 5.32 Å². The Bertz CT molecular complexity index is 360. The zero-order valence-electron chi connectivity index (χ0n) is 12.3. The standard InChI is InChI=1S/C16H26ClN/c1-15(2,3)14-8-6-13(7-9-14)10-18-12-16(4,5)11-17/h6-9,18H,10-12H2,1-5H3. The van der Waals surface area contributed by atoms with Crippen molar-refractivity contribution in [2.45, 2.75) is 46.6 Å². The van der Waals surface area contributed by atoms with Gasteiger partial charge in [-0.2, -0.15) is 0 Å². The smallest absolute Gasteiger partial charge is 0.0286 e. The van der Waals surface area contributed by atoms with Crippen LogP contribution in [0.2, 0.25) is 0 Å². The SMILES string of the molecule is CC(C)(CCl)CNCc1ccc(C(C)(C)C)cc1. The third-order valence-electron chi connectivity index (χ3n) is 3.11. The van der Waals surface area contributed by atoms with Crippen molar-refractivity contribution in [3.05, 3.63) is 35.4 Å². The quantitative estimate of drug-likeness (QED) is 0.783. The van der Waals surface area contributed by atoms with Crippen LogP contribution >= 0.6 is 11.6 Å². The molecule has 1 nitrogen and oxygen atoms in total. The summed E-state index contributed by atoms with van der Waals surface area (Å²) in [6.07, 6.45) is 0. The van der Waals surface area contributed by atoms with Crippen LogP contribution in [-0.4, -0.2) is 12.4 Å². The van der Waals surface area contributed by atoms with Gasteiger partial charge >= 0.3 is 0 Å². The monoisotopic (exact) mass is 267 g/mol. The van der Waals surface area contributed by atoms with Crippen molar-refractivity contribution in [1.29, 1.82) is 0 Å². The van der Waals surface area contributed by atoms with Gasteiger partial charge in [-0.05, 0) is 22.0 Å². The Morgan fingerprint density at radius 1 is 1.00 bits per heavy atom. The lowest BCUT2D eigenvalue weighted by Gasteiger charge is -2.22. The molecule has 1 N–H and O–H groups in total. The molecule has 0 heterocycles. The van der Waals surface area contributed by atoms with Crippen LogP contribution in [0.5, 0.6) is 0 Å². The molecule has 0 spiro atoms. The summed E-state index contributed by atoms with van der Waals surface area (Å²) >= 11 is 5.91. The fourth-order valence-corrected chi connectivity index (χ4v) is 1.81. The maximum atomic E-state index is 5.91. The Morgan fingerprint density at radius 2 is 1.56 bits per heavy atom. The van der Waals surface area contributed by atoms with E-state index in [1.165, 1.54) is 11.1 Å². The molecule has 0 radical (unpaired) electrons. The van der Waals surface area contributed by atoms with E-state index in [4.69, 9.17) is 11.6 Å². The Morgan fingerprint density at radius 3 is 2.00 bits per heavy atom. The average Bonchev–Trinajstić information content (AvgIpc) is 2.28. The predicted octanol–water partition coefficient (Wildman–Crippen LogP) is 4.34. The minimum absolute atomic E-state index is 0.160. The number of hydrogen-bond donors (Lipinski definition) is 1. The molecular weight excluding hydrogens is 242 g/mol. The summed E-state index contributed by atoms with van der Waals surface area (Å²) < 4.78 is 0. The number of halogens is 1. The molecule has 0 aliphatic carbocycles. The second-order valence-electron chi connectivity index (χ2n) is 6.85. The minimum Gasteiger partial charge on any atom is -0.312 e. The van der Waals surface area contributed by atoms with Crippen LogP contribution in [0, 0.1) is 5.41 Å². The maximum absolute atomic E-state index is 5.91. The molecule has 1 rings (SSSR count). The van der Waals surface area contributed by atoms with Gasteiger partial charge in [0.2, 0.25) is 0 Å². The van der Waals surface area contributed by atoms with Gasteiger partial charge in [-0.3, -0.25) is 0 Å². The number of nitrogens with one attached hydrogen (secondary N) is 1. The molecule has 102 valence electrons. The van der Waals surface area contributed by atoms with Gasteiger partial charge in [0.15, 0.2) is 0 Å². The van der Waals surface area contributed by atoms with E-state index in [2.05, 4.69) is 64.2 Å². The van der Waals surface area contributed by atoms with E-state index in [0.29, 0.717) is 5.88 Å². The van der Waals surface area contributed by atoms with Gasteiger partial charge in [-0.15, -0.1) is 11.6 Å². The summed E-state index contributed by atoms with van der Waals surface area (Å²) in [7, 11) is 0. The fourth-order valence-electron chi connectivity index (χ4n) is 1.72. The zero-order chi connectivity index (χ0) is 13.8. The molecule has 0 aromatic heterocycles. The summed E-state index contributed by atoms with van der Waals surface area (Å²) in [5.41, 5.74) is 3.10. The van der Waals surface area contributed by atoms with E-state index < -0.39 is 0 Å². The molecule has 0 amide bonds. The first-order valence-corrected chi connectivity index (χ1v) is 7.14. The summed E-state index contributed by atoms with van der Waals surface area (Å²) in [4.78, 5) is 0. The van der Waals surface area contributed by atoms with Crippen molar-refractivity contribution in [3.63, 3.8) is 0 Å². The van der Waals surface area contributed by atoms with E-state index in [0.717, 1.165) is 13.1 Å². The van der Waals surface area contributed by atoms with Crippen LogP contribution in [0.25, 0.3) is 0 Å². The Balaban J connectivity index is 2.50. The second kappa shape index (κ2) is 6.08. The predicted molar refractivity (Wildman–Crippen MR) is 81.3 cm³/mol. The van der Waals surface area contributed by atoms with Crippen LogP contribution in [0.4, 0.5) is 0 Å². The average molecular weight is 268 g/mol. The van der Waals surface area contributed by atoms with Crippen LogP contribution < -0.4 is 5.32 Å². The molecule has 0 saturated carbocycles. The highest BCUT2D eigenvalue weighted by molar-refractivity contribution is 6.18. The lowest BCUT2D eigenvalue weighted by Crippen LogP contribution is -2.30. The Kier molecular flexibility index (Phi) is 5.24. The number of rotatable bonds is 5. The van der Waals surface area contributed by atoms with Crippen molar-refractivity contribution in [2.24, 2.45) is 5.41 Å². The van der Waals surface area contributed by atoms with Crippen molar-refractivity contribution in [3.8, 4) is 0 Å². The van der Waals surface area contributed by atoms with Crippen molar-refractivity contribution < 1.29 is 0 Å². The molecule has 0 atom stereocenters. The lowest BCUT2D eigenvalue weighted by atomic mass is 9.87. The van der Waals surface area contributed by atoms with Crippen molar-refractivity contribution in [1.82, 2.24) is 5.32 Å². The number of hydrogen-bond acceptors (Lipinski definition) is 1. The summed E-state index contributed by atoms with van der Waals surface area (Å²) in [5.74, 6) is 0.683. The van der Waals surface area contributed by atoms with Gasteiger partial charge in [0.05, 0.1) is 0 Å². The molecule has 0 saturated heterocycles. The Hall–Kier alpha value is -0.530. The summed E-state index contributed by atoms with van der Waals surface area (Å²) in [6, 6.07) is 8.87. The molecule has 1 aromatic carbocycles. The molecule has 18 heavy (non-hydrogen) atoms. The van der Waals surface area contributed by atoms with E-state index in [9.17, 15) is 0 Å². The number of benzene rings is 1. The fraction of sp³-hybridized carbons (Fsp3) is 0.625. The Labute approximate surface area is 117 Å². The van der Waals surface area contributed by atoms with Gasteiger partial charge in [-0.25, -0.2) is 0 Å². The van der Waals surface area contributed by atoms with Crippen LogP contribution in [0.3, 0.4) is 0 Å². The molecule has 0 unspecified atom stereocenters. The molecule has 0 aliphatic rings. The zero-order valence-corrected chi connectivity index (χ0v) is 13.1. The first-order valence-electron chi connectivity index (χ1n) is 6.61. The van der Waals surface area contributed by atoms with Gasteiger partial charge in [0.1, 0.15) is 0 Å². The van der Waals surface area contributed by atoms with E-state index in [1.807, 2.05) is 0 Å². The molecule has 1 aromatic rings. The van der Waals surface area contributed by atoms with Crippen LogP contribution in [0.15, 0.2) is 24.3 Å². The lowest BCUT2D eigenvalue weighted by molar-refractivity contribution is 0.385. The molecule has 2 heteroatoms. The van der Waals surface area contributed by atoms with Gasteiger partial charge in [-0.1, -0.05) is 58.9 Å². The highest BCUT2D eigenvalue weighted by Gasteiger charge is 2.15. The highest BCUT2D eigenvalue weighted by Crippen LogP contribution is 2.22. The first kappa shape index (κ1) is 15.5.